The largest absolute Gasteiger partial charge is 0.444 e. The zero-order chi connectivity index (χ0) is 22.2. The molecule has 7 nitrogen and oxygen atoms in total. The maximum absolute atomic E-state index is 12.9. The zero-order valence-electron chi connectivity index (χ0n) is 17.5. The number of ether oxygens (including phenoxy) is 1. The van der Waals surface area contributed by atoms with Crippen LogP contribution in [0.1, 0.15) is 44.0 Å². The Bertz CT molecular complexity index is 1150. The van der Waals surface area contributed by atoms with Crippen LogP contribution in [0.15, 0.2) is 47.2 Å². The molecule has 4 rings (SSSR count). The number of nitrogens with one attached hydrogen (secondary N) is 2. The van der Waals surface area contributed by atoms with Crippen LogP contribution in [0.2, 0.25) is 0 Å². The number of ketones is 1. The van der Waals surface area contributed by atoms with E-state index in [9.17, 15) is 9.59 Å². The molecular weight excluding hydrogens is 460 g/mol. The molecule has 2 N–H and O–H groups in total. The van der Waals surface area contributed by atoms with E-state index in [4.69, 9.17) is 4.74 Å². The number of Topliss-reactive ketones (excluding diaryl/α,β-unsaturated/α-hetero) is 1. The van der Waals surface area contributed by atoms with E-state index in [1.165, 1.54) is 0 Å². The Kier molecular flexibility index (Phi) is 5.66. The Morgan fingerprint density at radius 3 is 2.52 bits per heavy atom. The second kappa shape index (κ2) is 8.26. The fourth-order valence-electron chi connectivity index (χ4n) is 3.15. The Balaban J connectivity index is 1.61. The second-order valence-corrected chi connectivity index (χ2v) is 9.45. The summed E-state index contributed by atoms with van der Waals surface area (Å²) in [5.41, 5.74) is 2.16. The summed E-state index contributed by atoms with van der Waals surface area (Å²) in [5, 5.41) is 6.79. The quantitative estimate of drug-likeness (QED) is 0.428. The molecule has 31 heavy (non-hydrogen) atoms. The van der Waals surface area contributed by atoms with E-state index >= 15 is 0 Å². The maximum atomic E-state index is 12.9. The molecule has 3 aromatic rings. The highest BCUT2D eigenvalue weighted by molar-refractivity contribution is 9.10. The third kappa shape index (κ3) is 5.19. The van der Waals surface area contributed by atoms with Gasteiger partial charge in [0.05, 0.1) is 28.7 Å². The lowest BCUT2D eigenvalue weighted by Gasteiger charge is -2.19. The minimum Gasteiger partial charge on any atom is -0.444 e. The van der Waals surface area contributed by atoms with E-state index in [1.807, 2.05) is 18.2 Å². The number of hydrogen-bond donors (Lipinski definition) is 2. The molecule has 1 saturated carbocycles. The summed E-state index contributed by atoms with van der Waals surface area (Å²) in [6.07, 6.45) is 4.51. The molecule has 1 aliphatic rings. The standard InChI is InChI=1S/C23H23BrN4O3/c1-23(2,3)31-22(30)28-19-9-7-15(11-26-19)27-20-16-10-14(24)6-8-18(16)25-12-17(20)21(29)13-4-5-13/h6-13H,4-5H2,1-3H3,(H,25,27)(H,26,28,30). The molecule has 0 aliphatic heterocycles. The van der Waals surface area contributed by atoms with Crippen LogP contribution >= 0.6 is 15.9 Å². The SMILES string of the molecule is CC(C)(C)OC(=O)Nc1ccc(Nc2c(C(=O)C3CC3)cnc3ccc(Br)cc23)cn1. The number of anilines is 3. The van der Waals surface area contributed by atoms with Gasteiger partial charge in [-0.2, -0.15) is 0 Å². The van der Waals surface area contributed by atoms with Gasteiger partial charge in [0.15, 0.2) is 5.78 Å². The fourth-order valence-corrected chi connectivity index (χ4v) is 3.51. The fraction of sp³-hybridized carbons (Fsp3) is 0.304. The molecule has 1 aliphatic carbocycles. The van der Waals surface area contributed by atoms with Crippen LogP contribution in [-0.4, -0.2) is 27.4 Å². The molecule has 2 aromatic heterocycles. The van der Waals surface area contributed by atoms with Crippen LogP contribution in [0.25, 0.3) is 10.9 Å². The van der Waals surface area contributed by atoms with Gasteiger partial charge in [0.1, 0.15) is 11.4 Å². The van der Waals surface area contributed by atoms with Crippen LogP contribution in [0.5, 0.6) is 0 Å². The highest BCUT2D eigenvalue weighted by Gasteiger charge is 2.32. The van der Waals surface area contributed by atoms with Crippen molar-refractivity contribution >= 4 is 55.9 Å². The average molecular weight is 483 g/mol. The predicted octanol–water partition coefficient (Wildman–Crippen LogP) is 6.08. The number of fused-ring (bicyclic) bond motifs is 1. The Hall–Kier alpha value is -3.00. The predicted molar refractivity (Wildman–Crippen MR) is 124 cm³/mol. The third-order valence-corrected chi connectivity index (χ3v) is 5.20. The lowest BCUT2D eigenvalue weighted by molar-refractivity contribution is 0.0635. The van der Waals surface area contributed by atoms with Crippen molar-refractivity contribution in [1.29, 1.82) is 0 Å². The molecule has 0 bridgehead atoms. The average Bonchev–Trinajstić information content (AvgIpc) is 3.53. The highest BCUT2D eigenvalue weighted by Crippen LogP contribution is 2.38. The number of hydrogen-bond acceptors (Lipinski definition) is 6. The van der Waals surface area contributed by atoms with Gasteiger partial charge < -0.3 is 10.1 Å². The van der Waals surface area contributed by atoms with Gasteiger partial charge in [-0.05, 0) is 63.9 Å². The molecule has 0 spiro atoms. The van der Waals surface area contributed by atoms with Crippen LogP contribution in [0.4, 0.5) is 22.0 Å². The molecular formula is C23H23BrN4O3. The minimum atomic E-state index is -0.591. The van der Waals surface area contributed by atoms with Crippen molar-refractivity contribution in [2.45, 2.75) is 39.2 Å². The molecule has 2 heterocycles. The summed E-state index contributed by atoms with van der Waals surface area (Å²) >= 11 is 3.50. The van der Waals surface area contributed by atoms with E-state index in [0.717, 1.165) is 28.2 Å². The number of carbonyl (C=O) groups excluding carboxylic acids is 2. The van der Waals surface area contributed by atoms with Crippen LogP contribution in [0.3, 0.4) is 0 Å². The van der Waals surface area contributed by atoms with Gasteiger partial charge in [-0.1, -0.05) is 15.9 Å². The lowest BCUT2D eigenvalue weighted by atomic mass is 10.0. The van der Waals surface area contributed by atoms with Crippen LogP contribution < -0.4 is 10.6 Å². The van der Waals surface area contributed by atoms with Gasteiger partial charge in [0.25, 0.3) is 0 Å². The molecule has 0 radical (unpaired) electrons. The van der Waals surface area contributed by atoms with Gasteiger partial charge in [0, 0.05) is 22.0 Å². The first kappa shape index (κ1) is 21.2. The summed E-state index contributed by atoms with van der Waals surface area (Å²) in [5.74, 6) is 0.551. The maximum Gasteiger partial charge on any atom is 0.413 e. The third-order valence-electron chi connectivity index (χ3n) is 4.71. The Morgan fingerprint density at radius 2 is 1.87 bits per heavy atom. The Labute approximate surface area is 188 Å². The smallest absolute Gasteiger partial charge is 0.413 e. The first-order valence-corrected chi connectivity index (χ1v) is 10.8. The van der Waals surface area contributed by atoms with E-state index in [2.05, 4.69) is 36.5 Å². The molecule has 1 amide bonds. The van der Waals surface area contributed by atoms with Crippen molar-refractivity contribution in [3.63, 3.8) is 0 Å². The summed E-state index contributed by atoms with van der Waals surface area (Å²) in [4.78, 5) is 33.6. The van der Waals surface area contributed by atoms with Crippen molar-refractivity contribution in [2.24, 2.45) is 5.92 Å². The number of aromatic nitrogens is 2. The van der Waals surface area contributed by atoms with Crippen molar-refractivity contribution in [1.82, 2.24) is 9.97 Å². The van der Waals surface area contributed by atoms with E-state index in [0.29, 0.717) is 22.8 Å². The van der Waals surface area contributed by atoms with Crippen molar-refractivity contribution in [2.75, 3.05) is 10.6 Å². The monoisotopic (exact) mass is 482 g/mol. The van der Waals surface area contributed by atoms with Gasteiger partial charge in [-0.25, -0.2) is 9.78 Å². The normalized spacial score (nSPS) is 13.7. The molecule has 1 fully saturated rings. The molecule has 160 valence electrons. The van der Waals surface area contributed by atoms with Gasteiger partial charge in [-0.3, -0.25) is 15.1 Å². The zero-order valence-corrected chi connectivity index (χ0v) is 19.1. The number of benzene rings is 1. The molecule has 0 unspecified atom stereocenters. The number of rotatable bonds is 5. The van der Waals surface area contributed by atoms with Crippen molar-refractivity contribution in [3.05, 3.63) is 52.8 Å². The molecule has 0 saturated heterocycles. The Morgan fingerprint density at radius 1 is 1.10 bits per heavy atom. The topological polar surface area (TPSA) is 93.2 Å². The van der Waals surface area contributed by atoms with E-state index in [-0.39, 0.29) is 11.7 Å². The summed E-state index contributed by atoms with van der Waals surface area (Å²) in [7, 11) is 0. The molecule has 0 atom stereocenters. The first-order chi connectivity index (χ1) is 14.7. The molecule has 1 aromatic carbocycles. The summed E-state index contributed by atoms with van der Waals surface area (Å²) in [6.45, 7) is 5.39. The number of carbonyl (C=O) groups is 2. The summed E-state index contributed by atoms with van der Waals surface area (Å²) < 4.78 is 6.14. The number of halogens is 1. The van der Waals surface area contributed by atoms with E-state index < -0.39 is 11.7 Å². The van der Waals surface area contributed by atoms with Gasteiger partial charge in [-0.15, -0.1) is 0 Å². The number of pyridine rings is 2. The van der Waals surface area contributed by atoms with Gasteiger partial charge in [0.2, 0.25) is 0 Å². The number of nitrogens with zero attached hydrogens (tertiary/aromatic N) is 2. The van der Waals surface area contributed by atoms with Crippen molar-refractivity contribution < 1.29 is 14.3 Å². The van der Waals surface area contributed by atoms with Crippen LogP contribution in [-0.2, 0) is 4.74 Å². The minimum absolute atomic E-state index is 0.0745. The number of amides is 1. The highest BCUT2D eigenvalue weighted by atomic mass is 79.9. The summed E-state index contributed by atoms with van der Waals surface area (Å²) in [6, 6.07) is 9.23. The van der Waals surface area contributed by atoms with Gasteiger partial charge >= 0.3 is 6.09 Å². The molecule has 8 heteroatoms. The van der Waals surface area contributed by atoms with E-state index in [1.54, 1.807) is 45.3 Å². The first-order valence-electron chi connectivity index (χ1n) is 10.1. The van der Waals surface area contributed by atoms with Crippen LogP contribution in [0, 0.1) is 5.92 Å². The lowest BCUT2D eigenvalue weighted by Crippen LogP contribution is -2.27. The second-order valence-electron chi connectivity index (χ2n) is 8.53. The van der Waals surface area contributed by atoms with Crippen molar-refractivity contribution in [3.8, 4) is 0 Å².